The molecule has 0 spiro atoms. The summed E-state index contributed by atoms with van der Waals surface area (Å²) in [6, 6.07) is 2.61. The predicted octanol–water partition coefficient (Wildman–Crippen LogP) is 1.29. The molecular weight excluding hydrogens is 216 g/mol. The van der Waals surface area contributed by atoms with Crippen LogP contribution in [0.4, 0.5) is 5.69 Å². The van der Waals surface area contributed by atoms with Gasteiger partial charge in [0.2, 0.25) is 0 Å². The van der Waals surface area contributed by atoms with Crippen LogP contribution in [0.1, 0.15) is 5.56 Å². The number of rotatable bonds is 2. The summed E-state index contributed by atoms with van der Waals surface area (Å²) >= 11 is 0. The van der Waals surface area contributed by atoms with Crippen LogP contribution in [0.5, 0.6) is 0 Å². The molecule has 1 aromatic heterocycles. The summed E-state index contributed by atoms with van der Waals surface area (Å²) in [6.07, 6.45) is 1.02. The zero-order chi connectivity index (χ0) is 11.9. The lowest BCUT2D eigenvalue weighted by atomic mass is 10.2. The van der Waals surface area contributed by atoms with Gasteiger partial charge >= 0.3 is 0 Å². The van der Waals surface area contributed by atoms with Crippen molar-refractivity contribution in [2.45, 2.75) is 6.92 Å². The van der Waals surface area contributed by atoms with Crippen LogP contribution in [0.15, 0.2) is 18.5 Å². The molecule has 0 saturated heterocycles. The van der Waals surface area contributed by atoms with Crippen LogP contribution in [0, 0.1) is 27.2 Å². The van der Waals surface area contributed by atoms with Gasteiger partial charge in [0.25, 0.3) is 5.69 Å². The molecule has 0 saturated carbocycles. The molecule has 1 aromatic carbocycles. The van der Waals surface area contributed by atoms with Crippen molar-refractivity contribution in [2.75, 3.05) is 0 Å². The van der Waals surface area contributed by atoms with Crippen LogP contribution in [-0.2, 0) is 0 Å². The Morgan fingerprint density at radius 2 is 2.00 bits per heavy atom. The fourth-order valence-corrected chi connectivity index (χ4v) is 1.46. The summed E-state index contributed by atoms with van der Waals surface area (Å²) in [4.78, 5) is 24.4. The molecule has 0 amide bonds. The molecule has 0 bridgehead atoms. The molecule has 2 rings (SSSR count). The fourth-order valence-electron chi connectivity index (χ4n) is 1.46. The summed E-state index contributed by atoms with van der Waals surface area (Å²) in [5.41, 5.74) is 0.740. The predicted molar refractivity (Wildman–Crippen MR) is 53.5 cm³/mol. The van der Waals surface area contributed by atoms with E-state index in [9.17, 15) is 20.2 Å². The molecule has 0 radical (unpaired) electrons. The van der Waals surface area contributed by atoms with Crippen LogP contribution >= 0.6 is 0 Å². The summed E-state index contributed by atoms with van der Waals surface area (Å²) in [5, 5.41) is 20.6. The third-order valence-electron chi connectivity index (χ3n) is 2.22. The molecule has 2 aromatic rings. The molecule has 1 heterocycles. The summed E-state index contributed by atoms with van der Waals surface area (Å²) < 4.78 is 0.728. The molecule has 16 heavy (non-hydrogen) atoms. The fraction of sp³-hybridized carbons (Fsp3) is 0.125. The van der Waals surface area contributed by atoms with Gasteiger partial charge < -0.3 is 0 Å². The molecule has 0 unspecified atom stereocenters. The molecule has 0 aliphatic heterocycles. The van der Waals surface area contributed by atoms with Gasteiger partial charge in [0.05, 0.1) is 4.92 Å². The maximum Gasteiger partial charge on any atom is 0.274 e. The number of nitro groups is 2. The van der Waals surface area contributed by atoms with Gasteiger partial charge in [-0.25, -0.2) is 15.1 Å². The highest BCUT2D eigenvalue weighted by molar-refractivity contribution is 5.79. The van der Waals surface area contributed by atoms with Gasteiger partial charge in [-0.05, 0) is 13.0 Å². The molecule has 0 aliphatic carbocycles. The van der Waals surface area contributed by atoms with E-state index in [1.165, 1.54) is 19.1 Å². The molecule has 0 aliphatic rings. The van der Waals surface area contributed by atoms with E-state index in [1.54, 1.807) is 0 Å². The second kappa shape index (κ2) is 3.26. The first-order valence-electron chi connectivity index (χ1n) is 4.27. The largest absolute Gasteiger partial charge is 0.274 e. The molecule has 8 heteroatoms. The highest BCUT2D eigenvalue weighted by Gasteiger charge is 2.17. The van der Waals surface area contributed by atoms with Crippen LogP contribution in [0.3, 0.4) is 0 Å². The van der Waals surface area contributed by atoms with Crippen molar-refractivity contribution >= 4 is 16.7 Å². The number of aryl methyl sites for hydroxylation is 1. The van der Waals surface area contributed by atoms with E-state index in [4.69, 9.17) is 0 Å². The van der Waals surface area contributed by atoms with Gasteiger partial charge in [0.1, 0.15) is 11.0 Å². The molecule has 82 valence electrons. The Morgan fingerprint density at radius 1 is 1.31 bits per heavy atom. The quantitative estimate of drug-likeness (QED) is 0.562. The minimum absolute atomic E-state index is 0.0962. The minimum atomic E-state index is -0.638. The molecule has 8 nitrogen and oxygen atoms in total. The van der Waals surface area contributed by atoms with E-state index in [1.807, 2.05) is 0 Å². The Balaban J connectivity index is 2.76. The van der Waals surface area contributed by atoms with E-state index < -0.39 is 9.96 Å². The third kappa shape index (κ3) is 1.36. The van der Waals surface area contributed by atoms with Gasteiger partial charge in [-0.1, -0.05) is 4.68 Å². The zero-order valence-electron chi connectivity index (χ0n) is 8.15. The minimum Gasteiger partial charge on any atom is -0.258 e. The number of fused-ring (bicyclic) bond motifs is 1. The normalized spacial score (nSPS) is 10.6. The first-order valence-corrected chi connectivity index (χ1v) is 4.27. The van der Waals surface area contributed by atoms with Crippen LogP contribution in [0.25, 0.3) is 11.0 Å². The highest BCUT2D eigenvalue weighted by Crippen LogP contribution is 2.24. The number of hydrogen-bond donors (Lipinski definition) is 0. The maximum absolute atomic E-state index is 10.6. The monoisotopic (exact) mass is 222 g/mol. The van der Waals surface area contributed by atoms with Gasteiger partial charge in [-0.15, -0.1) is 0 Å². The van der Waals surface area contributed by atoms with Crippen molar-refractivity contribution in [1.29, 1.82) is 0 Å². The summed E-state index contributed by atoms with van der Waals surface area (Å²) in [5.74, 6) is 0. The Labute approximate surface area is 88.4 Å². The smallest absolute Gasteiger partial charge is 0.258 e. The lowest BCUT2D eigenvalue weighted by Crippen LogP contribution is -2.06. The number of nitro benzene ring substituents is 1. The van der Waals surface area contributed by atoms with E-state index in [0.29, 0.717) is 5.56 Å². The van der Waals surface area contributed by atoms with E-state index >= 15 is 0 Å². The number of imidazole rings is 1. The average Bonchev–Trinajstić information content (AvgIpc) is 2.58. The first kappa shape index (κ1) is 10.0. The number of hydrogen-bond acceptors (Lipinski definition) is 5. The van der Waals surface area contributed by atoms with Crippen molar-refractivity contribution in [3.05, 3.63) is 44.3 Å². The standard InChI is InChI=1S/C8H6N4O4/c1-5-2-8-6(3-7(5)11(13)14)9-4-10(8)12(15)16/h2-4H,1H3. The highest BCUT2D eigenvalue weighted by atomic mass is 16.7. The van der Waals surface area contributed by atoms with Crippen LogP contribution in [-0.4, -0.2) is 19.6 Å². The molecular formula is C8H6N4O4. The third-order valence-corrected chi connectivity index (χ3v) is 2.22. The number of aromatic nitrogens is 2. The lowest BCUT2D eigenvalue weighted by molar-refractivity contribution is -0.538. The van der Waals surface area contributed by atoms with Crippen molar-refractivity contribution in [3.63, 3.8) is 0 Å². The topological polar surface area (TPSA) is 104 Å². The van der Waals surface area contributed by atoms with Crippen LogP contribution < -0.4 is 0 Å². The Morgan fingerprint density at radius 3 is 2.56 bits per heavy atom. The zero-order valence-corrected chi connectivity index (χ0v) is 8.15. The molecule has 0 atom stereocenters. The van der Waals surface area contributed by atoms with Gasteiger partial charge in [-0.3, -0.25) is 10.1 Å². The second-order valence-electron chi connectivity index (χ2n) is 3.21. The van der Waals surface area contributed by atoms with E-state index in [-0.39, 0.29) is 16.7 Å². The average molecular weight is 222 g/mol. The number of benzene rings is 1. The Hall–Kier alpha value is -2.51. The van der Waals surface area contributed by atoms with Crippen molar-refractivity contribution in [3.8, 4) is 0 Å². The van der Waals surface area contributed by atoms with Crippen molar-refractivity contribution in [2.24, 2.45) is 0 Å². The summed E-state index contributed by atoms with van der Waals surface area (Å²) in [6.45, 7) is 1.52. The van der Waals surface area contributed by atoms with Gasteiger partial charge in [0, 0.05) is 11.6 Å². The maximum atomic E-state index is 10.6. The van der Waals surface area contributed by atoms with E-state index in [2.05, 4.69) is 4.98 Å². The Kier molecular flexibility index (Phi) is 2.04. The lowest BCUT2D eigenvalue weighted by Gasteiger charge is -1.97. The Bertz CT molecular complexity index is 603. The molecule has 0 fully saturated rings. The summed E-state index contributed by atoms with van der Waals surface area (Å²) in [7, 11) is 0. The first-order chi connectivity index (χ1) is 7.50. The second-order valence-corrected chi connectivity index (χ2v) is 3.21. The van der Waals surface area contributed by atoms with Gasteiger partial charge in [0.15, 0.2) is 11.4 Å². The van der Waals surface area contributed by atoms with Gasteiger partial charge in [-0.2, -0.15) is 0 Å². The molecule has 0 N–H and O–H groups in total. The van der Waals surface area contributed by atoms with E-state index in [0.717, 1.165) is 11.0 Å². The number of nitrogens with zero attached hydrogens (tertiary/aromatic N) is 4. The van der Waals surface area contributed by atoms with Crippen molar-refractivity contribution in [1.82, 2.24) is 9.66 Å². The van der Waals surface area contributed by atoms with Crippen molar-refractivity contribution < 1.29 is 9.96 Å². The SMILES string of the molecule is Cc1cc2c(cc1[N+](=O)[O-])ncn2[N+](=O)[O-]. The van der Waals surface area contributed by atoms with Crippen LogP contribution in [0.2, 0.25) is 0 Å².